The highest BCUT2D eigenvalue weighted by Crippen LogP contribution is 2.37. The smallest absolute Gasteiger partial charge is 0.417 e. The Morgan fingerprint density at radius 3 is 2.32 bits per heavy atom. The maximum atomic E-state index is 12.9. The Balaban J connectivity index is 2.64. The van der Waals surface area contributed by atoms with Crippen LogP contribution in [0.15, 0.2) is 36.4 Å². The lowest BCUT2D eigenvalue weighted by molar-refractivity contribution is -0.137. The molecule has 1 heterocycles. The molecule has 1 N–H and O–H groups in total. The van der Waals surface area contributed by atoms with E-state index in [0.29, 0.717) is 0 Å². The molecule has 1 aromatic carbocycles. The molecular weight excluding hydrogens is 259 g/mol. The quantitative estimate of drug-likeness (QED) is 0.907. The first kappa shape index (κ1) is 13.2. The number of carboxylic acid groups (broad SMARTS) is 1. The fourth-order valence-electron chi connectivity index (χ4n) is 1.95. The van der Waals surface area contributed by atoms with Gasteiger partial charge in [-0.15, -0.1) is 0 Å². The van der Waals surface area contributed by atoms with Crippen LogP contribution in [0.4, 0.5) is 13.2 Å². The number of carbonyl (C=O) groups is 1. The van der Waals surface area contributed by atoms with Crippen molar-refractivity contribution in [3.8, 4) is 11.3 Å². The monoisotopic (exact) mass is 269 g/mol. The molecule has 0 unspecified atom stereocenters. The molecule has 2 rings (SSSR count). The average molecular weight is 269 g/mol. The van der Waals surface area contributed by atoms with Gasteiger partial charge in [0.25, 0.3) is 0 Å². The van der Waals surface area contributed by atoms with Crippen LogP contribution in [0.1, 0.15) is 16.1 Å². The van der Waals surface area contributed by atoms with Gasteiger partial charge < -0.3 is 9.67 Å². The third kappa shape index (κ3) is 2.33. The van der Waals surface area contributed by atoms with Crippen LogP contribution in [0.25, 0.3) is 11.3 Å². The van der Waals surface area contributed by atoms with Gasteiger partial charge in [0.05, 0.1) is 5.56 Å². The second-order valence-corrected chi connectivity index (χ2v) is 4.01. The highest BCUT2D eigenvalue weighted by atomic mass is 19.4. The SMILES string of the molecule is Cn1c(C(=O)O)ccc1-c1ccccc1C(F)(F)F. The van der Waals surface area contributed by atoms with Crippen molar-refractivity contribution in [2.45, 2.75) is 6.18 Å². The number of alkyl halides is 3. The Hall–Kier alpha value is -2.24. The Kier molecular flexibility index (Phi) is 3.09. The zero-order valence-corrected chi connectivity index (χ0v) is 9.90. The molecule has 0 bridgehead atoms. The minimum absolute atomic E-state index is 0.0370. The van der Waals surface area contributed by atoms with Crippen LogP contribution in [0.3, 0.4) is 0 Å². The Morgan fingerprint density at radius 1 is 1.16 bits per heavy atom. The van der Waals surface area contributed by atoms with Crippen LogP contribution < -0.4 is 0 Å². The number of carboxylic acids is 1. The van der Waals surface area contributed by atoms with Crippen molar-refractivity contribution in [2.75, 3.05) is 0 Å². The molecule has 3 nitrogen and oxygen atoms in total. The molecule has 0 saturated carbocycles. The highest BCUT2D eigenvalue weighted by Gasteiger charge is 2.34. The normalized spacial score (nSPS) is 11.6. The Morgan fingerprint density at radius 2 is 1.79 bits per heavy atom. The van der Waals surface area contributed by atoms with E-state index < -0.39 is 17.7 Å². The zero-order valence-electron chi connectivity index (χ0n) is 9.90. The van der Waals surface area contributed by atoms with E-state index in [4.69, 9.17) is 5.11 Å². The van der Waals surface area contributed by atoms with Crippen LogP contribution in [-0.4, -0.2) is 15.6 Å². The number of aromatic carboxylic acids is 1. The summed E-state index contributed by atoms with van der Waals surface area (Å²) in [5.74, 6) is -1.18. The van der Waals surface area contributed by atoms with E-state index in [1.54, 1.807) is 0 Å². The maximum absolute atomic E-state index is 12.9. The summed E-state index contributed by atoms with van der Waals surface area (Å²) in [7, 11) is 1.42. The molecule has 6 heteroatoms. The van der Waals surface area contributed by atoms with Crippen molar-refractivity contribution >= 4 is 5.97 Å². The van der Waals surface area contributed by atoms with Crippen molar-refractivity contribution in [2.24, 2.45) is 7.05 Å². The van der Waals surface area contributed by atoms with E-state index in [9.17, 15) is 18.0 Å². The van der Waals surface area contributed by atoms with Gasteiger partial charge in [-0.2, -0.15) is 13.2 Å². The first-order chi connectivity index (χ1) is 8.82. The topological polar surface area (TPSA) is 42.2 Å². The number of hydrogen-bond donors (Lipinski definition) is 1. The van der Waals surface area contributed by atoms with Crippen LogP contribution in [-0.2, 0) is 13.2 Å². The molecule has 0 fully saturated rings. The summed E-state index contributed by atoms with van der Waals surface area (Å²) in [4.78, 5) is 10.9. The minimum atomic E-state index is -4.48. The molecule has 0 spiro atoms. The fraction of sp³-hybridized carbons (Fsp3) is 0.154. The number of hydrogen-bond acceptors (Lipinski definition) is 1. The number of halogens is 3. The van der Waals surface area contributed by atoms with Gasteiger partial charge in [-0.05, 0) is 18.2 Å². The van der Waals surface area contributed by atoms with E-state index in [1.807, 2.05) is 0 Å². The summed E-state index contributed by atoms with van der Waals surface area (Å²) in [6.45, 7) is 0. The van der Waals surface area contributed by atoms with Crippen molar-refractivity contribution in [3.63, 3.8) is 0 Å². The van der Waals surface area contributed by atoms with Crippen molar-refractivity contribution < 1.29 is 23.1 Å². The third-order valence-corrected chi connectivity index (χ3v) is 2.85. The number of rotatable bonds is 2. The molecular formula is C13H10F3NO2. The predicted octanol–water partition coefficient (Wildman–Crippen LogP) is 3.41. The second-order valence-electron chi connectivity index (χ2n) is 4.01. The maximum Gasteiger partial charge on any atom is 0.417 e. The molecule has 0 atom stereocenters. The lowest BCUT2D eigenvalue weighted by Gasteiger charge is -2.13. The van der Waals surface area contributed by atoms with E-state index in [0.717, 1.165) is 6.07 Å². The van der Waals surface area contributed by atoms with Crippen LogP contribution in [0.5, 0.6) is 0 Å². The van der Waals surface area contributed by atoms with Gasteiger partial charge in [0, 0.05) is 18.3 Å². The van der Waals surface area contributed by atoms with E-state index in [-0.39, 0.29) is 17.0 Å². The van der Waals surface area contributed by atoms with Crippen LogP contribution in [0.2, 0.25) is 0 Å². The number of nitrogens with zero attached hydrogens (tertiary/aromatic N) is 1. The standard InChI is InChI=1S/C13H10F3NO2/c1-17-10(6-7-11(17)12(18)19)8-4-2-3-5-9(8)13(14,15)16/h2-7H,1H3,(H,18,19). The molecule has 0 aliphatic rings. The minimum Gasteiger partial charge on any atom is -0.477 e. The summed E-state index contributed by atoms with van der Waals surface area (Å²) < 4.78 is 39.9. The zero-order chi connectivity index (χ0) is 14.2. The summed E-state index contributed by atoms with van der Waals surface area (Å²) >= 11 is 0. The lowest BCUT2D eigenvalue weighted by Crippen LogP contribution is -2.09. The molecule has 19 heavy (non-hydrogen) atoms. The number of aromatic nitrogens is 1. The summed E-state index contributed by atoms with van der Waals surface area (Å²) in [5, 5.41) is 8.91. The van der Waals surface area contributed by atoms with Crippen molar-refractivity contribution in [1.82, 2.24) is 4.57 Å². The first-order valence-electron chi connectivity index (χ1n) is 5.38. The number of benzene rings is 1. The fourth-order valence-corrected chi connectivity index (χ4v) is 1.95. The van der Waals surface area contributed by atoms with E-state index in [2.05, 4.69) is 0 Å². The highest BCUT2D eigenvalue weighted by molar-refractivity contribution is 5.87. The largest absolute Gasteiger partial charge is 0.477 e. The molecule has 1 aromatic heterocycles. The summed E-state index contributed by atoms with van der Waals surface area (Å²) in [6.07, 6.45) is -4.48. The van der Waals surface area contributed by atoms with Gasteiger partial charge in [-0.25, -0.2) is 4.79 Å². The Bertz CT molecular complexity index is 629. The molecule has 2 aromatic rings. The average Bonchev–Trinajstić information content (AvgIpc) is 2.70. The van der Waals surface area contributed by atoms with Crippen LogP contribution >= 0.6 is 0 Å². The molecule has 0 aliphatic heterocycles. The lowest BCUT2D eigenvalue weighted by atomic mass is 10.0. The van der Waals surface area contributed by atoms with Gasteiger partial charge in [0.15, 0.2) is 0 Å². The first-order valence-corrected chi connectivity index (χ1v) is 5.38. The summed E-state index contributed by atoms with van der Waals surface area (Å²) in [6, 6.07) is 7.73. The molecule has 100 valence electrons. The summed E-state index contributed by atoms with van der Waals surface area (Å²) in [5.41, 5.74) is -0.671. The van der Waals surface area contributed by atoms with Gasteiger partial charge in [0.1, 0.15) is 5.69 Å². The molecule has 0 radical (unpaired) electrons. The van der Waals surface area contributed by atoms with Crippen molar-refractivity contribution in [1.29, 1.82) is 0 Å². The predicted molar refractivity (Wildman–Crippen MR) is 62.8 cm³/mol. The van der Waals surface area contributed by atoms with Crippen molar-refractivity contribution in [3.05, 3.63) is 47.7 Å². The molecule has 0 amide bonds. The van der Waals surface area contributed by atoms with E-state index in [1.165, 1.54) is 41.9 Å². The second kappa shape index (κ2) is 4.46. The van der Waals surface area contributed by atoms with Crippen LogP contribution in [0, 0.1) is 0 Å². The third-order valence-electron chi connectivity index (χ3n) is 2.85. The van der Waals surface area contributed by atoms with E-state index >= 15 is 0 Å². The molecule has 0 saturated heterocycles. The molecule has 0 aliphatic carbocycles. The Labute approximate surface area is 106 Å². The van der Waals surface area contributed by atoms with Gasteiger partial charge in [-0.3, -0.25) is 0 Å². The van der Waals surface area contributed by atoms with Gasteiger partial charge >= 0.3 is 12.1 Å². The van der Waals surface area contributed by atoms with Gasteiger partial charge in [0.2, 0.25) is 0 Å². The van der Waals surface area contributed by atoms with Gasteiger partial charge in [-0.1, -0.05) is 18.2 Å².